The summed E-state index contributed by atoms with van der Waals surface area (Å²) in [5.41, 5.74) is 1.04. The van der Waals surface area contributed by atoms with Gasteiger partial charge in [-0.05, 0) is 42.8 Å². The number of amides is 1. The number of carbonyl (C=O) groups is 2. The molecule has 0 saturated carbocycles. The van der Waals surface area contributed by atoms with Crippen LogP contribution in [0.1, 0.15) is 37.6 Å². The van der Waals surface area contributed by atoms with E-state index in [1.807, 2.05) is 11.6 Å². The van der Waals surface area contributed by atoms with E-state index in [1.54, 1.807) is 68.4 Å². The molecule has 0 aliphatic carbocycles. The Labute approximate surface area is 286 Å². The molecule has 0 aliphatic rings. The van der Waals surface area contributed by atoms with Crippen LogP contribution in [0.4, 0.5) is 13.2 Å². The highest BCUT2D eigenvalue weighted by atomic mass is 32.2. The number of aromatic nitrogens is 2. The number of hydrazine groups is 1. The van der Waals surface area contributed by atoms with Crippen LogP contribution in [0, 0.1) is 18.0 Å². The molecule has 1 amide bonds. The molecule has 0 spiro atoms. The van der Waals surface area contributed by atoms with Crippen molar-refractivity contribution >= 4 is 21.9 Å². The lowest BCUT2D eigenvalue weighted by molar-refractivity contribution is -0.712. The van der Waals surface area contributed by atoms with Gasteiger partial charge in [0.2, 0.25) is 5.28 Å². The van der Waals surface area contributed by atoms with Crippen molar-refractivity contribution < 1.29 is 45.7 Å². The van der Waals surface area contributed by atoms with E-state index in [0.29, 0.717) is 11.1 Å². The van der Waals surface area contributed by atoms with Gasteiger partial charge in [-0.15, -0.1) is 5.01 Å². The maximum absolute atomic E-state index is 13.6. The van der Waals surface area contributed by atoms with E-state index >= 15 is 0 Å². The quantitative estimate of drug-likeness (QED) is 0.0614. The molecule has 4 rings (SSSR count). The highest BCUT2D eigenvalue weighted by Crippen LogP contribution is 2.33. The molecule has 0 fully saturated rings. The number of ether oxygens (including phenoxy) is 1. The van der Waals surface area contributed by atoms with E-state index < -0.39 is 52.0 Å². The second kappa shape index (κ2) is 15.4. The highest BCUT2D eigenvalue weighted by Gasteiger charge is 2.36. The van der Waals surface area contributed by atoms with Gasteiger partial charge >= 0.3 is 12.1 Å². The fraction of sp³-hybridized carbons (Fsp3) is 0.303. The number of nitrogens with one attached hydrogen (secondary N) is 1. The zero-order valence-corrected chi connectivity index (χ0v) is 28.5. The molecule has 50 heavy (non-hydrogen) atoms. The van der Waals surface area contributed by atoms with Crippen molar-refractivity contribution in [3.8, 4) is 16.9 Å². The second-order valence-corrected chi connectivity index (χ2v) is 13.2. The Balaban J connectivity index is 1.58. The van der Waals surface area contributed by atoms with Crippen LogP contribution in [-0.2, 0) is 41.8 Å². The first-order chi connectivity index (χ1) is 23.5. The number of alkyl halides is 3. The molecule has 0 bridgehead atoms. The largest absolute Gasteiger partial charge is 0.569 e. The molecule has 0 aliphatic heterocycles. The van der Waals surface area contributed by atoms with Crippen molar-refractivity contribution in [3.05, 3.63) is 107 Å². The second-order valence-electron chi connectivity index (χ2n) is 11.5. The lowest BCUT2D eigenvalue weighted by Gasteiger charge is -2.23. The Bertz CT molecular complexity index is 1930. The molecule has 1 N–H and O–H groups in total. The first-order valence-corrected chi connectivity index (χ1v) is 16.7. The Hall–Kier alpha value is -5.45. The standard InChI is InChI=1S/C33H35F3N6O7S/c1-21(2)32(44)48-23(4)49-39-42(45)40(5)29(19-24-9-7-6-8-10-24)31(43)38-50(46,47)27-17-15-26(16-18-27)41-28(20-30(37-41)33(34,35)36)25-13-11-22(3)12-14-25/h6-18,20-21,23,29H,19H2,1-5H3,(H,38,43)/t23?,29-/m0/s1. The number of carbonyl (C=O) groups excluding carboxylic acids is 2. The predicted octanol–water partition coefficient (Wildman–Crippen LogP) is 5.57. The Morgan fingerprint density at radius 3 is 2.22 bits per heavy atom. The summed E-state index contributed by atoms with van der Waals surface area (Å²) in [5.74, 6) is -2.16. The van der Waals surface area contributed by atoms with Gasteiger partial charge in [-0.25, -0.2) is 17.8 Å². The Morgan fingerprint density at radius 1 is 1.02 bits per heavy atom. The fourth-order valence-corrected chi connectivity index (χ4v) is 5.52. The van der Waals surface area contributed by atoms with Crippen LogP contribution >= 0.6 is 0 Å². The molecule has 13 nitrogen and oxygen atoms in total. The first-order valence-electron chi connectivity index (χ1n) is 15.2. The van der Waals surface area contributed by atoms with E-state index in [-0.39, 0.29) is 27.7 Å². The lowest BCUT2D eigenvalue weighted by Crippen LogP contribution is -2.50. The van der Waals surface area contributed by atoms with Crippen LogP contribution in [0.15, 0.2) is 95.1 Å². The molecule has 2 atom stereocenters. The predicted molar refractivity (Wildman–Crippen MR) is 173 cm³/mol. The van der Waals surface area contributed by atoms with Crippen molar-refractivity contribution in [3.63, 3.8) is 0 Å². The minimum atomic E-state index is -4.74. The topological polar surface area (TPSA) is 158 Å². The number of hydrogen-bond donors (Lipinski definition) is 1. The summed E-state index contributed by atoms with van der Waals surface area (Å²) >= 11 is 0. The normalized spacial score (nSPS) is 13.4. The van der Waals surface area contributed by atoms with Gasteiger partial charge < -0.3 is 9.94 Å². The summed E-state index contributed by atoms with van der Waals surface area (Å²) in [7, 11) is -3.38. The Kier molecular flexibility index (Phi) is 11.5. The zero-order chi connectivity index (χ0) is 36.8. The van der Waals surface area contributed by atoms with Gasteiger partial charge in [0.25, 0.3) is 22.2 Å². The van der Waals surface area contributed by atoms with E-state index in [0.717, 1.165) is 33.5 Å². The maximum Gasteiger partial charge on any atom is 0.435 e. The summed E-state index contributed by atoms with van der Waals surface area (Å²) in [6.45, 7) is 6.36. The third-order valence-corrected chi connectivity index (χ3v) is 8.65. The fourth-order valence-electron chi connectivity index (χ4n) is 4.51. The van der Waals surface area contributed by atoms with Gasteiger partial charge in [0, 0.05) is 18.9 Å². The van der Waals surface area contributed by atoms with Crippen LogP contribution in [0.5, 0.6) is 0 Å². The molecule has 1 heterocycles. The molecule has 4 aromatic rings. The minimum Gasteiger partial charge on any atom is -0.569 e. The number of rotatable bonds is 13. The number of sulfonamides is 1. The number of halogens is 3. The van der Waals surface area contributed by atoms with Crippen molar-refractivity contribution in [2.45, 2.75) is 57.5 Å². The third-order valence-electron chi connectivity index (χ3n) is 7.29. The van der Waals surface area contributed by atoms with Gasteiger partial charge in [0.05, 0.1) is 34.2 Å². The maximum atomic E-state index is 13.6. The lowest BCUT2D eigenvalue weighted by atomic mass is 10.1. The number of hydrogen-bond acceptors (Lipinski definition) is 9. The van der Waals surface area contributed by atoms with Crippen molar-refractivity contribution in [2.75, 3.05) is 7.05 Å². The van der Waals surface area contributed by atoms with Crippen molar-refractivity contribution in [1.29, 1.82) is 0 Å². The number of esters is 1. The highest BCUT2D eigenvalue weighted by molar-refractivity contribution is 7.90. The number of benzene rings is 3. The molecule has 0 radical (unpaired) electrons. The van der Waals surface area contributed by atoms with E-state index in [4.69, 9.17) is 9.57 Å². The van der Waals surface area contributed by atoms with Crippen LogP contribution < -0.4 is 4.72 Å². The van der Waals surface area contributed by atoms with Crippen LogP contribution in [0.25, 0.3) is 16.9 Å². The van der Waals surface area contributed by atoms with Crippen molar-refractivity contribution in [2.24, 2.45) is 11.2 Å². The molecular weight excluding hydrogens is 681 g/mol. The summed E-state index contributed by atoms with van der Waals surface area (Å²) in [6, 6.07) is 19.4. The molecule has 266 valence electrons. The minimum absolute atomic E-state index is 0.0841. The van der Waals surface area contributed by atoms with Gasteiger partial charge in [-0.3, -0.25) is 14.4 Å². The van der Waals surface area contributed by atoms with Crippen molar-refractivity contribution in [1.82, 2.24) is 19.5 Å². The SMILES string of the molecule is Cc1ccc(-c2cc(C(F)(F)F)nn2-c2ccc(S(=O)(=O)NC(=O)[C@H](Cc3ccccc3)N(C)[N+]([O-])=NOC(C)OC(=O)C(C)C)cc2)cc1. The summed E-state index contributed by atoms with van der Waals surface area (Å²) in [5, 5.41) is 20.7. The molecule has 3 aromatic carbocycles. The smallest absolute Gasteiger partial charge is 0.435 e. The van der Waals surface area contributed by atoms with Gasteiger partial charge in [0.15, 0.2) is 11.7 Å². The van der Waals surface area contributed by atoms with Gasteiger partial charge in [0.1, 0.15) is 0 Å². The molecule has 17 heteroatoms. The first kappa shape index (κ1) is 37.4. The number of aryl methyl sites for hydroxylation is 1. The van der Waals surface area contributed by atoms with Gasteiger partial charge in [-0.1, -0.05) is 74.0 Å². The average Bonchev–Trinajstić information content (AvgIpc) is 3.53. The Morgan fingerprint density at radius 2 is 1.64 bits per heavy atom. The molecule has 1 unspecified atom stereocenters. The molecule has 0 saturated heterocycles. The third kappa shape index (κ3) is 9.37. The van der Waals surface area contributed by atoms with Crippen LogP contribution in [0.2, 0.25) is 0 Å². The summed E-state index contributed by atoms with van der Waals surface area (Å²) < 4.78 is 75.6. The molecular formula is C33H35F3N6O7S. The summed E-state index contributed by atoms with van der Waals surface area (Å²) in [4.78, 5) is 29.7. The summed E-state index contributed by atoms with van der Waals surface area (Å²) in [6.07, 6.45) is -6.11. The van der Waals surface area contributed by atoms with E-state index in [1.165, 1.54) is 26.1 Å². The zero-order valence-electron chi connectivity index (χ0n) is 27.7. The average molecular weight is 717 g/mol. The van der Waals surface area contributed by atoms with Crippen LogP contribution in [-0.4, -0.2) is 59.4 Å². The van der Waals surface area contributed by atoms with Gasteiger partial charge in [-0.2, -0.15) is 18.3 Å². The van der Waals surface area contributed by atoms with Crippen LogP contribution in [0.3, 0.4) is 0 Å². The monoisotopic (exact) mass is 716 g/mol. The van der Waals surface area contributed by atoms with E-state index in [9.17, 15) is 36.4 Å². The molecule has 1 aromatic heterocycles. The number of nitrogens with zero attached hydrogens (tertiary/aromatic N) is 5. The number of likely N-dealkylation sites (N-methyl/N-ethyl adjacent to an activating group) is 1. The van der Waals surface area contributed by atoms with E-state index in [2.05, 4.69) is 10.4 Å².